The van der Waals surface area contributed by atoms with Gasteiger partial charge in [0.25, 0.3) is 0 Å². The number of carboxylic acids is 1. The number of hydrogen-bond donors (Lipinski definition) is 2. The Morgan fingerprint density at radius 3 is 2.67 bits per heavy atom. The number of carboxylic acid groups (broad SMARTS) is 1. The van der Waals surface area contributed by atoms with E-state index in [9.17, 15) is 4.79 Å². The van der Waals surface area contributed by atoms with E-state index in [4.69, 9.17) is 10.9 Å². The zero-order chi connectivity index (χ0) is 6.85. The minimum atomic E-state index is -0.810. The summed E-state index contributed by atoms with van der Waals surface area (Å²) in [6, 6.07) is -0.440. The van der Waals surface area contributed by atoms with Gasteiger partial charge in [-0.05, 0) is 12.8 Å². The predicted molar refractivity (Wildman–Crippen MR) is 31.6 cm³/mol. The smallest absolute Gasteiger partial charge is 0.322 e. The SMILES string of the molecule is NN1CCC[C@@H]1C(=O)O. The van der Waals surface area contributed by atoms with Crippen LogP contribution in [0.4, 0.5) is 0 Å². The Kier molecular flexibility index (Phi) is 1.68. The molecule has 1 aliphatic heterocycles. The molecule has 0 aliphatic carbocycles. The Hall–Kier alpha value is -0.610. The molecule has 1 rings (SSSR count). The molecule has 0 unspecified atom stereocenters. The highest BCUT2D eigenvalue weighted by molar-refractivity contribution is 5.73. The zero-order valence-electron chi connectivity index (χ0n) is 5.08. The van der Waals surface area contributed by atoms with Gasteiger partial charge < -0.3 is 5.11 Å². The van der Waals surface area contributed by atoms with Crippen molar-refractivity contribution < 1.29 is 9.90 Å². The third-order valence-electron chi connectivity index (χ3n) is 1.58. The molecule has 0 amide bonds. The fourth-order valence-corrected chi connectivity index (χ4v) is 1.05. The second-order valence-corrected chi connectivity index (χ2v) is 2.23. The van der Waals surface area contributed by atoms with Gasteiger partial charge >= 0.3 is 5.97 Å². The van der Waals surface area contributed by atoms with Gasteiger partial charge in [-0.25, -0.2) is 5.01 Å². The lowest BCUT2D eigenvalue weighted by Crippen LogP contribution is -2.40. The van der Waals surface area contributed by atoms with E-state index in [0.29, 0.717) is 13.0 Å². The van der Waals surface area contributed by atoms with Gasteiger partial charge in [-0.15, -0.1) is 0 Å². The maximum absolute atomic E-state index is 10.3. The number of rotatable bonds is 1. The van der Waals surface area contributed by atoms with Gasteiger partial charge in [-0.1, -0.05) is 0 Å². The van der Waals surface area contributed by atoms with Gasteiger partial charge in [0.1, 0.15) is 6.04 Å². The molecular weight excluding hydrogens is 120 g/mol. The van der Waals surface area contributed by atoms with Crippen LogP contribution >= 0.6 is 0 Å². The summed E-state index contributed by atoms with van der Waals surface area (Å²) in [7, 11) is 0. The Morgan fingerprint density at radius 2 is 2.44 bits per heavy atom. The lowest BCUT2D eigenvalue weighted by atomic mass is 10.2. The Labute approximate surface area is 53.2 Å². The molecule has 52 valence electrons. The van der Waals surface area contributed by atoms with Crippen LogP contribution in [-0.4, -0.2) is 28.7 Å². The minimum absolute atomic E-state index is 0.440. The topological polar surface area (TPSA) is 66.6 Å². The number of hydrazine groups is 1. The number of carbonyl (C=O) groups is 1. The van der Waals surface area contributed by atoms with Crippen LogP contribution < -0.4 is 5.84 Å². The van der Waals surface area contributed by atoms with E-state index in [1.807, 2.05) is 0 Å². The quantitative estimate of drug-likeness (QED) is 0.465. The molecule has 4 heteroatoms. The van der Waals surface area contributed by atoms with Gasteiger partial charge in [0.15, 0.2) is 0 Å². The summed E-state index contributed by atoms with van der Waals surface area (Å²) in [6.45, 7) is 0.705. The number of aliphatic carboxylic acids is 1. The van der Waals surface area contributed by atoms with Crippen LogP contribution in [0.2, 0.25) is 0 Å². The van der Waals surface area contributed by atoms with E-state index in [1.54, 1.807) is 0 Å². The van der Waals surface area contributed by atoms with E-state index < -0.39 is 12.0 Å². The van der Waals surface area contributed by atoms with Crippen molar-refractivity contribution >= 4 is 5.97 Å². The van der Waals surface area contributed by atoms with Crippen molar-refractivity contribution in [2.75, 3.05) is 6.54 Å². The molecule has 0 radical (unpaired) electrons. The van der Waals surface area contributed by atoms with E-state index in [-0.39, 0.29) is 0 Å². The van der Waals surface area contributed by atoms with Crippen molar-refractivity contribution in [3.05, 3.63) is 0 Å². The lowest BCUT2D eigenvalue weighted by Gasteiger charge is -2.12. The van der Waals surface area contributed by atoms with E-state index in [1.165, 1.54) is 5.01 Å². The maximum atomic E-state index is 10.3. The molecule has 0 spiro atoms. The molecule has 9 heavy (non-hydrogen) atoms. The third-order valence-corrected chi connectivity index (χ3v) is 1.58. The van der Waals surface area contributed by atoms with E-state index in [2.05, 4.69) is 0 Å². The Balaban J connectivity index is 2.49. The molecule has 1 saturated heterocycles. The van der Waals surface area contributed by atoms with Crippen LogP contribution in [0.5, 0.6) is 0 Å². The van der Waals surface area contributed by atoms with Crippen LogP contribution in [0.3, 0.4) is 0 Å². The van der Waals surface area contributed by atoms with Crippen molar-refractivity contribution in [2.24, 2.45) is 5.84 Å². The molecule has 1 aliphatic rings. The predicted octanol–water partition coefficient (Wildman–Crippen LogP) is -0.591. The highest BCUT2D eigenvalue weighted by Crippen LogP contribution is 2.12. The van der Waals surface area contributed by atoms with Crippen molar-refractivity contribution in [1.29, 1.82) is 0 Å². The average Bonchev–Trinajstić information content (AvgIpc) is 2.13. The molecule has 0 saturated carbocycles. The van der Waals surface area contributed by atoms with Crippen LogP contribution in [0, 0.1) is 0 Å². The first-order valence-electron chi connectivity index (χ1n) is 2.96. The maximum Gasteiger partial charge on any atom is 0.322 e. The molecular formula is C5H10N2O2. The van der Waals surface area contributed by atoms with E-state index in [0.717, 1.165) is 6.42 Å². The number of nitrogens with zero attached hydrogens (tertiary/aromatic N) is 1. The molecule has 0 aromatic rings. The summed E-state index contributed by atoms with van der Waals surface area (Å²) in [5, 5.41) is 9.84. The van der Waals surface area contributed by atoms with Gasteiger partial charge in [0.05, 0.1) is 0 Å². The zero-order valence-corrected chi connectivity index (χ0v) is 5.08. The van der Waals surface area contributed by atoms with Gasteiger partial charge in [-0.2, -0.15) is 0 Å². The standard InChI is InChI=1S/C5H10N2O2/c6-7-3-1-2-4(7)5(8)9/h4H,1-3,6H2,(H,8,9)/t4-/m1/s1. The lowest BCUT2D eigenvalue weighted by molar-refractivity contribution is -0.142. The van der Waals surface area contributed by atoms with Crippen molar-refractivity contribution in [2.45, 2.75) is 18.9 Å². The molecule has 4 nitrogen and oxygen atoms in total. The summed E-state index contributed by atoms with van der Waals surface area (Å²) in [6.07, 6.45) is 1.58. The second-order valence-electron chi connectivity index (χ2n) is 2.23. The Bertz CT molecular complexity index is 126. The van der Waals surface area contributed by atoms with Crippen molar-refractivity contribution in [1.82, 2.24) is 5.01 Å². The number of nitrogens with two attached hydrogens (primary N) is 1. The average molecular weight is 130 g/mol. The summed E-state index contributed by atoms with van der Waals surface area (Å²) in [4.78, 5) is 10.3. The molecule has 1 atom stereocenters. The fraction of sp³-hybridized carbons (Fsp3) is 0.800. The van der Waals surface area contributed by atoms with E-state index >= 15 is 0 Å². The fourth-order valence-electron chi connectivity index (χ4n) is 1.05. The highest BCUT2D eigenvalue weighted by Gasteiger charge is 2.27. The summed E-state index contributed by atoms with van der Waals surface area (Å²) in [5.41, 5.74) is 0. The highest BCUT2D eigenvalue weighted by atomic mass is 16.4. The third kappa shape index (κ3) is 1.20. The molecule has 1 heterocycles. The molecule has 0 bridgehead atoms. The first-order chi connectivity index (χ1) is 4.22. The number of hydrogen-bond acceptors (Lipinski definition) is 3. The van der Waals surface area contributed by atoms with Crippen LogP contribution in [-0.2, 0) is 4.79 Å². The summed E-state index contributed by atoms with van der Waals surface area (Å²) < 4.78 is 0. The van der Waals surface area contributed by atoms with Gasteiger partial charge in [-0.3, -0.25) is 10.6 Å². The Morgan fingerprint density at radius 1 is 1.78 bits per heavy atom. The van der Waals surface area contributed by atoms with Gasteiger partial charge in [0.2, 0.25) is 0 Å². The first kappa shape index (κ1) is 6.51. The molecule has 3 N–H and O–H groups in total. The van der Waals surface area contributed by atoms with Crippen LogP contribution in [0.1, 0.15) is 12.8 Å². The van der Waals surface area contributed by atoms with Crippen molar-refractivity contribution in [3.8, 4) is 0 Å². The summed E-state index contributed by atoms with van der Waals surface area (Å²) >= 11 is 0. The molecule has 0 aromatic heterocycles. The van der Waals surface area contributed by atoms with Crippen molar-refractivity contribution in [3.63, 3.8) is 0 Å². The van der Waals surface area contributed by atoms with Crippen LogP contribution in [0.25, 0.3) is 0 Å². The molecule has 0 aromatic carbocycles. The normalized spacial score (nSPS) is 28.8. The molecule has 1 fully saturated rings. The first-order valence-corrected chi connectivity index (χ1v) is 2.96. The summed E-state index contributed by atoms with van der Waals surface area (Å²) in [5.74, 6) is 4.52. The minimum Gasteiger partial charge on any atom is -0.480 e. The van der Waals surface area contributed by atoms with Crippen LogP contribution in [0.15, 0.2) is 0 Å². The second kappa shape index (κ2) is 2.33. The van der Waals surface area contributed by atoms with Gasteiger partial charge in [0, 0.05) is 6.54 Å². The largest absolute Gasteiger partial charge is 0.480 e. The monoisotopic (exact) mass is 130 g/mol.